The van der Waals surface area contributed by atoms with Crippen LogP contribution in [-0.4, -0.2) is 63.7 Å². The van der Waals surface area contributed by atoms with Crippen molar-refractivity contribution in [3.8, 4) is 0 Å². The van der Waals surface area contributed by atoms with Crippen molar-refractivity contribution in [1.29, 1.82) is 0 Å². The van der Waals surface area contributed by atoms with Crippen molar-refractivity contribution in [2.45, 2.75) is 33.3 Å². The Labute approximate surface area is 174 Å². The van der Waals surface area contributed by atoms with Crippen molar-refractivity contribution >= 4 is 35.8 Å². The molecule has 1 amide bonds. The third-order valence-corrected chi connectivity index (χ3v) is 3.82. The highest BCUT2D eigenvalue weighted by molar-refractivity contribution is 14.0. The predicted octanol–water partition coefficient (Wildman–Crippen LogP) is 2.12. The maximum Gasteiger partial charge on any atom is 0.243 e. The van der Waals surface area contributed by atoms with Crippen LogP contribution in [-0.2, 0) is 16.0 Å². The van der Waals surface area contributed by atoms with Crippen LogP contribution in [0, 0.1) is 5.41 Å². The van der Waals surface area contributed by atoms with Gasteiger partial charge in [-0.1, -0.05) is 20.8 Å². The molecule has 2 N–H and O–H groups in total. The quantitative estimate of drug-likeness (QED) is 0.339. The van der Waals surface area contributed by atoms with E-state index in [0.717, 1.165) is 12.2 Å². The van der Waals surface area contributed by atoms with Crippen LogP contribution in [0.2, 0.25) is 0 Å². The zero-order valence-electron chi connectivity index (χ0n) is 16.7. The fourth-order valence-corrected chi connectivity index (χ4v) is 2.15. The van der Waals surface area contributed by atoms with Gasteiger partial charge in [0.1, 0.15) is 12.3 Å². The summed E-state index contributed by atoms with van der Waals surface area (Å²) < 4.78 is 10.9. The van der Waals surface area contributed by atoms with Gasteiger partial charge in [-0.2, -0.15) is 0 Å². The lowest BCUT2D eigenvalue weighted by Crippen LogP contribution is -2.46. The molecule has 26 heavy (non-hydrogen) atoms. The second kappa shape index (κ2) is 12.2. The molecule has 8 heteroatoms. The van der Waals surface area contributed by atoms with E-state index in [1.807, 2.05) is 12.1 Å². The number of carbonyl (C=O) groups excluding carboxylic acids is 1. The van der Waals surface area contributed by atoms with E-state index < -0.39 is 0 Å². The van der Waals surface area contributed by atoms with E-state index in [-0.39, 0.29) is 47.9 Å². The lowest BCUT2D eigenvalue weighted by atomic mass is 9.89. The Kier molecular flexibility index (Phi) is 11.6. The second-order valence-electron chi connectivity index (χ2n) is 7.18. The minimum atomic E-state index is -0.0498. The van der Waals surface area contributed by atoms with Gasteiger partial charge in [0, 0.05) is 40.7 Å². The largest absolute Gasteiger partial charge is 0.469 e. The number of amides is 1. The third-order valence-electron chi connectivity index (χ3n) is 3.82. The number of furan rings is 1. The molecule has 1 heterocycles. The summed E-state index contributed by atoms with van der Waals surface area (Å²) in [6, 6.07) is 3.80. The lowest BCUT2D eigenvalue weighted by molar-refractivity contribution is -0.127. The average molecular weight is 480 g/mol. The molecule has 150 valence electrons. The number of nitrogens with zero attached hydrogens (tertiary/aromatic N) is 2. The highest BCUT2D eigenvalue weighted by Crippen LogP contribution is 2.20. The standard InChI is InChI=1S/C18H32N4O3.HI/c1-18(2,3)15(24-6)12-20-17(21-13-16(23)22(4)5)19-10-9-14-8-7-11-25-14;/h7-8,11,15H,9-10,12-13H2,1-6H3,(H2,19,20,21);1H. The lowest BCUT2D eigenvalue weighted by Gasteiger charge is -2.30. The van der Waals surface area contributed by atoms with Gasteiger partial charge in [-0.05, 0) is 17.5 Å². The number of ether oxygens (including phenoxy) is 1. The van der Waals surface area contributed by atoms with Crippen LogP contribution >= 0.6 is 24.0 Å². The summed E-state index contributed by atoms with van der Waals surface area (Å²) in [7, 11) is 5.14. The Morgan fingerprint density at radius 3 is 2.54 bits per heavy atom. The summed E-state index contributed by atoms with van der Waals surface area (Å²) >= 11 is 0. The van der Waals surface area contributed by atoms with Gasteiger partial charge in [0.05, 0.1) is 12.4 Å². The number of hydrogen-bond donors (Lipinski definition) is 2. The van der Waals surface area contributed by atoms with E-state index in [1.54, 1.807) is 27.5 Å². The number of aliphatic imine (C=N–C) groups is 1. The second-order valence-corrected chi connectivity index (χ2v) is 7.18. The van der Waals surface area contributed by atoms with Crippen molar-refractivity contribution in [2.24, 2.45) is 10.4 Å². The van der Waals surface area contributed by atoms with Crippen molar-refractivity contribution < 1.29 is 13.9 Å². The summed E-state index contributed by atoms with van der Waals surface area (Å²) in [4.78, 5) is 17.7. The molecular weight excluding hydrogens is 447 g/mol. The molecule has 0 saturated carbocycles. The molecule has 0 saturated heterocycles. The molecule has 1 aromatic rings. The van der Waals surface area contributed by atoms with Crippen LogP contribution in [0.15, 0.2) is 27.8 Å². The van der Waals surface area contributed by atoms with Crippen molar-refractivity contribution in [3.63, 3.8) is 0 Å². The van der Waals surface area contributed by atoms with Gasteiger partial charge in [-0.3, -0.25) is 4.79 Å². The molecule has 0 fully saturated rings. The molecule has 0 spiro atoms. The summed E-state index contributed by atoms with van der Waals surface area (Å²) in [6.07, 6.45) is 2.42. The first-order chi connectivity index (χ1) is 11.7. The van der Waals surface area contributed by atoms with Gasteiger partial charge in [0.2, 0.25) is 5.91 Å². The SMILES string of the molecule is COC(CNC(=NCC(=O)N(C)C)NCCc1ccco1)C(C)(C)C.I. The van der Waals surface area contributed by atoms with Gasteiger partial charge < -0.3 is 24.7 Å². The highest BCUT2D eigenvalue weighted by atomic mass is 127. The van der Waals surface area contributed by atoms with Crippen molar-refractivity contribution in [3.05, 3.63) is 24.2 Å². The Balaban J connectivity index is 0.00000625. The van der Waals surface area contributed by atoms with E-state index in [4.69, 9.17) is 9.15 Å². The smallest absolute Gasteiger partial charge is 0.243 e. The fourth-order valence-electron chi connectivity index (χ4n) is 2.15. The van der Waals surface area contributed by atoms with Crippen molar-refractivity contribution in [2.75, 3.05) is 40.8 Å². The molecule has 1 rings (SSSR count). The highest BCUT2D eigenvalue weighted by Gasteiger charge is 2.24. The van der Waals surface area contributed by atoms with Gasteiger partial charge in [0.25, 0.3) is 0 Å². The molecule has 0 radical (unpaired) electrons. The Morgan fingerprint density at radius 2 is 2.04 bits per heavy atom. The Bertz CT molecular complexity index is 539. The first-order valence-electron chi connectivity index (χ1n) is 8.51. The summed E-state index contributed by atoms with van der Waals surface area (Å²) in [5.41, 5.74) is 0.000480. The molecule has 0 aromatic carbocycles. The normalized spacial score (nSPS) is 12.9. The number of nitrogens with one attached hydrogen (secondary N) is 2. The van der Waals surface area contributed by atoms with Crippen LogP contribution in [0.3, 0.4) is 0 Å². The van der Waals surface area contributed by atoms with E-state index >= 15 is 0 Å². The minimum Gasteiger partial charge on any atom is -0.469 e. The number of guanidine groups is 1. The number of carbonyl (C=O) groups is 1. The maximum absolute atomic E-state index is 11.8. The monoisotopic (exact) mass is 480 g/mol. The van der Waals surface area contributed by atoms with Crippen LogP contribution < -0.4 is 10.6 Å². The first-order valence-corrected chi connectivity index (χ1v) is 8.51. The van der Waals surface area contributed by atoms with Gasteiger partial charge in [-0.25, -0.2) is 4.99 Å². The first kappa shape index (κ1) is 24.7. The molecule has 7 nitrogen and oxygen atoms in total. The molecule has 1 aromatic heterocycles. The molecule has 0 bridgehead atoms. The van der Waals surface area contributed by atoms with Crippen molar-refractivity contribution in [1.82, 2.24) is 15.5 Å². The van der Waals surface area contributed by atoms with Crippen LogP contribution in [0.25, 0.3) is 0 Å². The third kappa shape index (κ3) is 9.42. The molecule has 1 atom stereocenters. The average Bonchev–Trinajstić information content (AvgIpc) is 3.03. The molecule has 0 aliphatic rings. The molecule has 0 aliphatic carbocycles. The number of methoxy groups -OCH3 is 1. The maximum atomic E-state index is 11.8. The van der Waals surface area contributed by atoms with Crippen LogP contribution in [0.4, 0.5) is 0 Å². The summed E-state index contributed by atoms with van der Waals surface area (Å²) in [5, 5.41) is 6.50. The van der Waals surface area contributed by atoms with Crippen LogP contribution in [0.1, 0.15) is 26.5 Å². The van der Waals surface area contributed by atoms with Crippen LogP contribution in [0.5, 0.6) is 0 Å². The van der Waals surface area contributed by atoms with Gasteiger partial charge in [0.15, 0.2) is 5.96 Å². The predicted molar refractivity (Wildman–Crippen MR) is 115 cm³/mol. The molecule has 0 aliphatic heterocycles. The van der Waals surface area contributed by atoms with E-state index in [9.17, 15) is 4.79 Å². The zero-order chi connectivity index (χ0) is 18.9. The molecular formula is C18H33IN4O3. The summed E-state index contributed by atoms with van der Waals surface area (Å²) in [5.74, 6) is 1.44. The van der Waals surface area contributed by atoms with E-state index in [0.29, 0.717) is 19.0 Å². The fraction of sp³-hybridized carbons (Fsp3) is 0.667. The summed E-state index contributed by atoms with van der Waals surface area (Å²) in [6.45, 7) is 7.72. The zero-order valence-corrected chi connectivity index (χ0v) is 19.0. The Hall–Kier alpha value is -1.29. The number of rotatable bonds is 8. The number of likely N-dealkylation sites (N-methyl/N-ethyl adjacent to an activating group) is 1. The topological polar surface area (TPSA) is 79.1 Å². The van der Waals surface area contributed by atoms with E-state index in [1.165, 1.54) is 4.90 Å². The number of halogens is 1. The number of hydrogen-bond acceptors (Lipinski definition) is 4. The minimum absolute atomic E-state index is 0. The van der Waals surface area contributed by atoms with E-state index in [2.05, 4.69) is 36.4 Å². The van der Waals surface area contributed by atoms with Gasteiger partial charge >= 0.3 is 0 Å². The molecule has 1 unspecified atom stereocenters. The Morgan fingerprint density at radius 1 is 1.35 bits per heavy atom. The van der Waals surface area contributed by atoms with Gasteiger partial charge in [-0.15, -0.1) is 24.0 Å².